The molecule has 0 saturated carbocycles. The first kappa shape index (κ1) is 24.9. The molecule has 0 fully saturated rings. The summed E-state index contributed by atoms with van der Waals surface area (Å²) in [6.45, 7) is 2.51. The molecule has 1 aromatic carbocycles. The summed E-state index contributed by atoms with van der Waals surface area (Å²) in [6.07, 6.45) is 11.7. The minimum absolute atomic E-state index is 0.140. The van der Waals surface area contributed by atoms with Gasteiger partial charge in [-0.15, -0.1) is 11.3 Å². The zero-order valence-electron chi connectivity index (χ0n) is 18.5. The van der Waals surface area contributed by atoms with Crippen LogP contribution in [-0.2, 0) is 17.6 Å². The number of benzene rings is 1. The number of amides is 1. The lowest BCUT2D eigenvalue weighted by molar-refractivity contribution is 0.0698. The summed E-state index contributed by atoms with van der Waals surface area (Å²) >= 11 is 1.33. The van der Waals surface area contributed by atoms with Crippen LogP contribution < -0.4 is 5.32 Å². The van der Waals surface area contributed by atoms with Crippen LogP contribution in [0.1, 0.15) is 85.5 Å². The quantitative estimate of drug-likeness (QED) is 0.282. The van der Waals surface area contributed by atoms with Crippen LogP contribution in [0.2, 0.25) is 0 Å². The summed E-state index contributed by atoms with van der Waals surface area (Å²) in [5.74, 6) is -1.03. The molecule has 0 bridgehead atoms. The van der Waals surface area contributed by atoms with Crippen molar-refractivity contribution in [3.63, 3.8) is 0 Å². The van der Waals surface area contributed by atoms with Crippen molar-refractivity contribution in [1.29, 1.82) is 0 Å². The minimum atomic E-state index is -1.03. The van der Waals surface area contributed by atoms with Gasteiger partial charge >= 0.3 is 12.1 Å². The number of aromatic carboxylic acids is 1. The molecule has 1 aromatic heterocycles. The van der Waals surface area contributed by atoms with Gasteiger partial charge in [-0.25, -0.2) is 9.59 Å². The molecule has 1 amide bonds. The van der Waals surface area contributed by atoms with Crippen LogP contribution in [0.5, 0.6) is 0 Å². The lowest BCUT2D eigenvalue weighted by Gasteiger charge is -2.06. The van der Waals surface area contributed by atoms with E-state index in [1.165, 1.54) is 55.4 Å². The molecule has 5 nitrogen and oxygen atoms in total. The highest BCUT2D eigenvalue weighted by atomic mass is 32.1. The van der Waals surface area contributed by atoms with Gasteiger partial charge in [0, 0.05) is 4.88 Å². The number of aryl methyl sites for hydroxylation is 2. The molecular formula is C25H35NO4S. The lowest BCUT2D eigenvalue weighted by atomic mass is 10.1. The Bertz CT molecular complexity index is 788. The minimum Gasteiger partial charge on any atom is -0.478 e. The SMILES string of the molecule is CCCCCCCCCCc1cc(C(=O)O)c(NC(=O)OCCCc2ccccc2)s1. The Morgan fingerprint density at radius 2 is 1.61 bits per heavy atom. The van der Waals surface area contributed by atoms with E-state index >= 15 is 0 Å². The van der Waals surface area contributed by atoms with Gasteiger partial charge in [-0.05, 0) is 37.3 Å². The molecule has 0 radical (unpaired) electrons. The number of ether oxygens (including phenoxy) is 1. The molecule has 0 atom stereocenters. The standard InChI is InChI=1S/C25H35NO4S/c1-2-3-4-5-6-7-8-12-17-21-19-22(24(27)28)23(31-21)26-25(29)30-18-13-16-20-14-10-9-11-15-20/h9-11,14-15,19H,2-8,12-13,16-18H2,1H3,(H,26,29)(H,27,28). The van der Waals surface area contributed by atoms with Crippen molar-refractivity contribution in [3.8, 4) is 0 Å². The third kappa shape index (κ3) is 10.0. The number of hydrogen-bond acceptors (Lipinski definition) is 4. The summed E-state index contributed by atoms with van der Waals surface area (Å²) < 4.78 is 5.23. The zero-order valence-corrected chi connectivity index (χ0v) is 19.3. The van der Waals surface area contributed by atoms with E-state index < -0.39 is 12.1 Å². The Labute approximate surface area is 189 Å². The molecule has 2 rings (SSSR count). The maximum Gasteiger partial charge on any atom is 0.412 e. The lowest BCUT2D eigenvalue weighted by Crippen LogP contribution is -2.15. The summed E-state index contributed by atoms with van der Waals surface area (Å²) in [5, 5.41) is 12.4. The van der Waals surface area contributed by atoms with Gasteiger partial charge in [0.05, 0.1) is 12.2 Å². The molecule has 2 N–H and O–H groups in total. The van der Waals surface area contributed by atoms with Crippen LogP contribution >= 0.6 is 11.3 Å². The first-order valence-corrected chi connectivity index (χ1v) is 12.3. The van der Waals surface area contributed by atoms with Crippen LogP contribution in [0.15, 0.2) is 36.4 Å². The Balaban J connectivity index is 1.71. The monoisotopic (exact) mass is 445 g/mol. The van der Waals surface area contributed by atoms with Crippen molar-refractivity contribution in [2.75, 3.05) is 11.9 Å². The van der Waals surface area contributed by atoms with Gasteiger partial charge in [-0.2, -0.15) is 0 Å². The second-order valence-corrected chi connectivity index (χ2v) is 8.97. The maximum atomic E-state index is 12.1. The topological polar surface area (TPSA) is 75.6 Å². The van der Waals surface area contributed by atoms with Crippen molar-refractivity contribution in [2.24, 2.45) is 0 Å². The van der Waals surface area contributed by atoms with E-state index in [1.807, 2.05) is 30.3 Å². The third-order valence-electron chi connectivity index (χ3n) is 5.19. The van der Waals surface area contributed by atoms with Crippen molar-refractivity contribution in [1.82, 2.24) is 0 Å². The summed E-state index contributed by atoms with van der Waals surface area (Å²) in [7, 11) is 0. The molecular weight excluding hydrogens is 410 g/mol. The van der Waals surface area contributed by atoms with Gasteiger partial charge in [0.25, 0.3) is 0 Å². The van der Waals surface area contributed by atoms with Gasteiger partial charge < -0.3 is 9.84 Å². The van der Waals surface area contributed by atoms with Crippen LogP contribution in [0.25, 0.3) is 0 Å². The molecule has 0 spiro atoms. The predicted molar refractivity (Wildman–Crippen MR) is 127 cm³/mol. The van der Waals surface area contributed by atoms with Crippen LogP contribution in [0.3, 0.4) is 0 Å². The van der Waals surface area contributed by atoms with E-state index in [0.29, 0.717) is 11.6 Å². The van der Waals surface area contributed by atoms with Gasteiger partial charge in [0.15, 0.2) is 0 Å². The number of carboxylic acid groups (broad SMARTS) is 1. The number of carbonyl (C=O) groups excluding carboxylic acids is 1. The fraction of sp³-hybridized carbons (Fsp3) is 0.520. The van der Waals surface area contributed by atoms with Crippen molar-refractivity contribution < 1.29 is 19.4 Å². The Hall–Kier alpha value is -2.34. The van der Waals surface area contributed by atoms with E-state index in [4.69, 9.17) is 4.74 Å². The first-order valence-electron chi connectivity index (χ1n) is 11.4. The number of anilines is 1. The van der Waals surface area contributed by atoms with Gasteiger partial charge in [0.1, 0.15) is 5.00 Å². The van der Waals surface area contributed by atoms with Crippen LogP contribution in [0, 0.1) is 0 Å². The molecule has 1 heterocycles. The molecule has 6 heteroatoms. The van der Waals surface area contributed by atoms with E-state index in [9.17, 15) is 14.7 Å². The molecule has 31 heavy (non-hydrogen) atoms. The average molecular weight is 446 g/mol. The third-order valence-corrected chi connectivity index (χ3v) is 6.30. The highest BCUT2D eigenvalue weighted by Gasteiger charge is 2.17. The van der Waals surface area contributed by atoms with Crippen LogP contribution in [-0.4, -0.2) is 23.8 Å². The normalized spacial score (nSPS) is 10.7. The summed E-state index contributed by atoms with van der Waals surface area (Å²) in [5.41, 5.74) is 1.34. The first-order chi connectivity index (χ1) is 15.1. The molecule has 0 unspecified atom stereocenters. The van der Waals surface area contributed by atoms with Gasteiger partial charge in [-0.3, -0.25) is 5.32 Å². The van der Waals surface area contributed by atoms with Crippen molar-refractivity contribution in [2.45, 2.75) is 77.6 Å². The van der Waals surface area contributed by atoms with E-state index in [-0.39, 0.29) is 5.56 Å². The van der Waals surface area contributed by atoms with E-state index in [2.05, 4.69) is 12.2 Å². The predicted octanol–water partition coefficient (Wildman–Crippen LogP) is 7.31. The van der Waals surface area contributed by atoms with Crippen molar-refractivity contribution >= 4 is 28.4 Å². The number of unbranched alkanes of at least 4 members (excludes halogenated alkanes) is 7. The highest BCUT2D eigenvalue weighted by molar-refractivity contribution is 7.16. The van der Waals surface area contributed by atoms with Gasteiger partial charge in [0.2, 0.25) is 0 Å². The Morgan fingerprint density at radius 1 is 0.935 bits per heavy atom. The molecule has 0 aliphatic rings. The number of carbonyl (C=O) groups is 2. The fourth-order valence-electron chi connectivity index (χ4n) is 3.46. The van der Waals surface area contributed by atoms with E-state index in [1.54, 1.807) is 6.07 Å². The average Bonchev–Trinajstić information content (AvgIpc) is 3.16. The maximum absolute atomic E-state index is 12.1. The largest absolute Gasteiger partial charge is 0.478 e. The molecule has 2 aromatic rings. The number of hydrogen-bond donors (Lipinski definition) is 2. The smallest absolute Gasteiger partial charge is 0.412 e. The Morgan fingerprint density at radius 3 is 2.29 bits per heavy atom. The van der Waals surface area contributed by atoms with Crippen LogP contribution in [0.4, 0.5) is 9.80 Å². The molecule has 170 valence electrons. The highest BCUT2D eigenvalue weighted by Crippen LogP contribution is 2.30. The zero-order chi connectivity index (χ0) is 22.3. The van der Waals surface area contributed by atoms with Gasteiger partial charge in [-0.1, -0.05) is 82.2 Å². The summed E-state index contributed by atoms with van der Waals surface area (Å²) in [4.78, 5) is 24.6. The molecule has 0 aliphatic heterocycles. The number of thiophene rings is 1. The van der Waals surface area contributed by atoms with E-state index in [0.717, 1.165) is 37.0 Å². The number of carboxylic acids is 1. The van der Waals surface area contributed by atoms with Crippen molar-refractivity contribution in [3.05, 3.63) is 52.4 Å². The summed E-state index contributed by atoms with van der Waals surface area (Å²) in [6, 6.07) is 11.7. The molecule has 0 saturated heterocycles. The second-order valence-electron chi connectivity index (χ2n) is 7.84. The second kappa shape index (κ2) is 14.6. The number of nitrogens with one attached hydrogen (secondary N) is 1. The fourth-order valence-corrected chi connectivity index (χ4v) is 4.54. The Kier molecular flexibility index (Phi) is 11.8. The molecule has 0 aliphatic carbocycles. The number of rotatable bonds is 15.